The van der Waals surface area contributed by atoms with Crippen molar-refractivity contribution in [3.05, 3.63) is 34.2 Å². The number of thioether (sulfide) groups is 1. The third-order valence-electron chi connectivity index (χ3n) is 7.45. The number of β-lactam (4-membered cyclic amide) rings is 1. The van der Waals surface area contributed by atoms with Crippen molar-refractivity contribution in [2.75, 3.05) is 0 Å². The molecule has 13 nitrogen and oxygen atoms in total. The zero-order valence-corrected chi connectivity index (χ0v) is 24.6. The number of nitrogens with zero attached hydrogens (tertiary/aromatic N) is 4. The van der Waals surface area contributed by atoms with Crippen molar-refractivity contribution in [1.82, 2.24) is 30.1 Å². The van der Waals surface area contributed by atoms with Crippen LogP contribution in [0.3, 0.4) is 0 Å². The number of carbonyl (C=O) groups excluding carboxylic acids is 4. The van der Waals surface area contributed by atoms with Crippen molar-refractivity contribution in [3.8, 4) is 5.88 Å². The van der Waals surface area contributed by atoms with Gasteiger partial charge in [-0.1, -0.05) is 19.3 Å². The summed E-state index contributed by atoms with van der Waals surface area (Å²) in [5.74, 6) is -3.93. The Hall–Kier alpha value is -2.68. The number of aromatic hydroxyl groups is 1. The van der Waals surface area contributed by atoms with Crippen LogP contribution in [-0.2, 0) is 14.4 Å². The van der Waals surface area contributed by atoms with E-state index in [2.05, 4.69) is 20.7 Å². The van der Waals surface area contributed by atoms with Gasteiger partial charge >= 0.3 is 29.6 Å². The quantitative estimate of drug-likeness (QED) is 0.229. The summed E-state index contributed by atoms with van der Waals surface area (Å²) in [6.45, 7) is 3.41. The van der Waals surface area contributed by atoms with Crippen LogP contribution in [0.2, 0.25) is 0 Å². The van der Waals surface area contributed by atoms with Crippen LogP contribution in [0.5, 0.6) is 5.88 Å². The van der Waals surface area contributed by atoms with Gasteiger partial charge in [-0.15, -0.1) is 16.9 Å². The third kappa shape index (κ3) is 5.26. The Labute approximate surface area is 249 Å². The summed E-state index contributed by atoms with van der Waals surface area (Å²) in [7, 11) is 0. The Morgan fingerprint density at radius 1 is 1.18 bits per heavy atom. The Bertz CT molecular complexity index is 1390. The van der Waals surface area contributed by atoms with Crippen LogP contribution in [0, 0.1) is 5.92 Å². The molecule has 15 heteroatoms. The molecule has 0 bridgehead atoms. The van der Waals surface area contributed by atoms with Crippen LogP contribution in [0.25, 0.3) is 5.65 Å². The molecule has 1 unspecified atom stereocenters. The van der Waals surface area contributed by atoms with Crippen LogP contribution in [0.1, 0.15) is 56.3 Å². The van der Waals surface area contributed by atoms with Gasteiger partial charge in [0.05, 0.1) is 12.0 Å². The van der Waals surface area contributed by atoms with Crippen molar-refractivity contribution in [2.45, 2.75) is 74.2 Å². The number of carbonyl (C=O) groups is 4. The summed E-state index contributed by atoms with van der Waals surface area (Å²) in [6, 6.07) is -0.464. The predicted octanol–water partition coefficient (Wildman–Crippen LogP) is -4.23. The van der Waals surface area contributed by atoms with Crippen molar-refractivity contribution in [3.63, 3.8) is 0 Å². The zero-order chi connectivity index (χ0) is 27.4. The fourth-order valence-corrected chi connectivity index (χ4v) is 7.18. The number of carboxylic acid groups (broad SMARTS) is 1. The minimum Gasteiger partial charge on any atom is -0.548 e. The van der Waals surface area contributed by atoms with Crippen molar-refractivity contribution in [2.24, 2.45) is 5.92 Å². The molecule has 0 spiro atoms. The molecule has 2 saturated heterocycles. The molecule has 3 fully saturated rings. The first-order chi connectivity index (χ1) is 18.0. The Kier molecular flexibility index (Phi) is 8.31. The maximum absolute atomic E-state index is 13.5. The molecule has 3 amide bonds. The van der Waals surface area contributed by atoms with Gasteiger partial charge in [-0.25, -0.2) is 4.98 Å². The Morgan fingerprint density at radius 3 is 2.54 bits per heavy atom. The molecular weight excluding hydrogens is 539 g/mol. The summed E-state index contributed by atoms with van der Waals surface area (Å²) in [5.41, 5.74) is -1.04. The van der Waals surface area contributed by atoms with Gasteiger partial charge in [-0.2, -0.15) is 4.52 Å². The van der Waals surface area contributed by atoms with Gasteiger partial charge in [0.25, 0.3) is 11.5 Å². The van der Waals surface area contributed by atoms with Crippen molar-refractivity contribution >= 4 is 41.1 Å². The molecule has 4 heterocycles. The minimum absolute atomic E-state index is 0. The summed E-state index contributed by atoms with van der Waals surface area (Å²) in [6.07, 6.45) is 5.16. The molecule has 39 heavy (non-hydrogen) atoms. The number of amides is 3. The van der Waals surface area contributed by atoms with E-state index in [4.69, 9.17) is 0 Å². The fourth-order valence-electron chi connectivity index (χ4n) is 5.56. The van der Waals surface area contributed by atoms with E-state index >= 15 is 0 Å². The number of hydrogen-bond donors (Lipinski definition) is 3. The average molecular weight is 567 g/mol. The van der Waals surface area contributed by atoms with E-state index in [0.29, 0.717) is 12.8 Å². The van der Waals surface area contributed by atoms with Gasteiger partial charge in [0.15, 0.2) is 5.65 Å². The molecule has 1 aliphatic carbocycles. The normalized spacial score (nSPS) is 24.7. The van der Waals surface area contributed by atoms with E-state index in [0.717, 1.165) is 30.0 Å². The number of rotatable bonds is 6. The number of nitrogens with one attached hydrogen (secondary N) is 2. The molecule has 2 aromatic rings. The zero-order valence-electron chi connectivity index (χ0n) is 21.7. The van der Waals surface area contributed by atoms with E-state index in [-0.39, 0.29) is 46.7 Å². The maximum Gasteiger partial charge on any atom is 1.00 e. The van der Waals surface area contributed by atoms with E-state index in [1.807, 2.05) is 0 Å². The van der Waals surface area contributed by atoms with Gasteiger partial charge in [0.2, 0.25) is 17.7 Å². The Morgan fingerprint density at radius 2 is 1.87 bits per heavy atom. The standard InChI is InChI=1S/C24H28N6O7S.Na/c1-24(2)17(23(36)37)29-21(35)16(22(29)38-24)27-19(33)15(11-6-4-3-5-7-11)26-18(32)12-10-25-13-8-9-14(31)28-30(13)20(12)34;/h8-11,15-17,22H,3-7H2,1-2H3,(H,26,32)(H,27,33)(H,28,31)(H,36,37);/q;+1/p-1/t15?,16-,17+,22-;/m1./s1. The summed E-state index contributed by atoms with van der Waals surface area (Å²) >= 11 is 1.27. The first-order valence-corrected chi connectivity index (χ1v) is 13.3. The fraction of sp³-hybridized carbons (Fsp3) is 0.542. The van der Waals surface area contributed by atoms with Gasteiger partial charge in [-0.3, -0.25) is 19.2 Å². The van der Waals surface area contributed by atoms with Gasteiger partial charge in [0.1, 0.15) is 23.0 Å². The second-order valence-electron chi connectivity index (χ2n) is 10.4. The molecule has 4 atom stereocenters. The van der Waals surface area contributed by atoms with Crippen LogP contribution in [0.4, 0.5) is 0 Å². The average Bonchev–Trinajstić information content (AvgIpc) is 3.14. The number of hydrogen-bond acceptors (Lipinski definition) is 10. The number of aliphatic carboxylic acids is 1. The summed E-state index contributed by atoms with van der Waals surface area (Å²) in [5, 5.41) is 29.8. The Balaban J connectivity index is 0.00000353. The minimum atomic E-state index is -1.35. The molecule has 1 saturated carbocycles. The molecule has 202 valence electrons. The third-order valence-corrected chi connectivity index (χ3v) is 9.02. The smallest absolute Gasteiger partial charge is 0.548 e. The van der Waals surface area contributed by atoms with Crippen LogP contribution < -0.4 is 50.9 Å². The van der Waals surface area contributed by atoms with Gasteiger partial charge in [0, 0.05) is 17.0 Å². The molecule has 0 aromatic carbocycles. The van der Waals surface area contributed by atoms with E-state index in [1.165, 1.54) is 28.8 Å². The van der Waals surface area contributed by atoms with E-state index in [9.17, 15) is 34.2 Å². The van der Waals surface area contributed by atoms with Gasteiger partial charge in [-0.05, 0) is 38.7 Å². The summed E-state index contributed by atoms with van der Waals surface area (Å²) in [4.78, 5) is 69.4. The predicted molar refractivity (Wildman–Crippen MR) is 132 cm³/mol. The first kappa shape index (κ1) is 29.3. The van der Waals surface area contributed by atoms with Crippen LogP contribution in [-0.4, -0.2) is 76.5 Å². The molecule has 2 aliphatic heterocycles. The molecule has 3 N–H and O–H groups in total. The SMILES string of the molecule is CC1(C)S[C@@H]2[C@H](NC(=O)C(NC(=O)c3cnc4ccc(O)nn4c3=O)C3CCCCC3)C(=O)N2[C@H]1C(=O)[O-].[Na+]. The number of aromatic nitrogens is 3. The monoisotopic (exact) mass is 566 g/mol. The molecule has 2 aromatic heterocycles. The molecule has 3 aliphatic rings. The van der Waals surface area contributed by atoms with E-state index < -0.39 is 63.4 Å². The van der Waals surface area contributed by atoms with E-state index in [1.54, 1.807) is 13.8 Å². The second kappa shape index (κ2) is 11.1. The number of carboxylic acids is 1. The topological polar surface area (TPSA) is 186 Å². The van der Waals surface area contributed by atoms with Gasteiger partial charge < -0.3 is 30.5 Å². The van der Waals surface area contributed by atoms with Crippen LogP contribution in [0.15, 0.2) is 23.1 Å². The molecule has 5 rings (SSSR count). The summed E-state index contributed by atoms with van der Waals surface area (Å²) < 4.78 is -0.00227. The molecule has 0 radical (unpaired) electrons. The molecular formula is C24H27N6NaO7S. The van der Waals surface area contributed by atoms with Crippen molar-refractivity contribution < 1.29 is 58.9 Å². The second-order valence-corrected chi connectivity index (χ2v) is 12.1. The first-order valence-electron chi connectivity index (χ1n) is 12.4. The van der Waals surface area contributed by atoms with Crippen molar-refractivity contribution in [1.29, 1.82) is 0 Å². The largest absolute Gasteiger partial charge is 1.00 e. The maximum atomic E-state index is 13.5. The van der Waals surface area contributed by atoms with Crippen LogP contribution >= 0.6 is 11.8 Å². The number of fused-ring (bicyclic) bond motifs is 2.